The smallest absolute Gasteiger partial charge is 0.157 e. The normalized spacial score (nSPS) is 34.9. The molecule has 2 aliphatic rings. The lowest BCUT2D eigenvalue weighted by Gasteiger charge is -2.49. The van der Waals surface area contributed by atoms with Crippen molar-refractivity contribution in [1.82, 2.24) is 4.90 Å². The molecular formula is C19H27NO. The summed E-state index contributed by atoms with van der Waals surface area (Å²) in [6, 6.07) is 10.5. The van der Waals surface area contributed by atoms with Gasteiger partial charge in [-0.05, 0) is 43.2 Å². The van der Waals surface area contributed by atoms with Crippen LogP contribution >= 0.6 is 0 Å². The van der Waals surface area contributed by atoms with Gasteiger partial charge in [0, 0.05) is 13.0 Å². The van der Waals surface area contributed by atoms with E-state index in [1.807, 2.05) is 6.07 Å². The van der Waals surface area contributed by atoms with Gasteiger partial charge in [0.15, 0.2) is 5.78 Å². The van der Waals surface area contributed by atoms with Crippen LogP contribution in [0.1, 0.15) is 51.5 Å². The van der Waals surface area contributed by atoms with E-state index in [9.17, 15) is 4.79 Å². The molecular weight excluding hydrogens is 258 g/mol. The van der Waals surface area contributed by atoms with Crippen molar-refractivity contribution in [2.45, 2.75) is 51.5 Å². The minimum atomic E-state index is -0.339. The molecule has 2 heteroatoms. The number of ketones is 1. The molecule has 114 valence electrons. The minimum absolute atomic E-state index is 0.339. The summed E-state index contributed by atoms with van der Waals surface area (Å²) in [5, 5.41) is 0. The van der Waals surface area contributed by atoms with E-state index in [4.69, 9.17) is 0 Å². The highest BCUT2D eigenvalue weighted by atomic mass is 16.1. The van der Waals surface area contributed by atoms with Crippen molar-refractivity contribution in [2.75, 3.05) is 13.1 Å². The van der Waals surface area contributed by atoms with Crippen molar-refractivity contribution in [3.05, 3.63) is 35.9 Å². The molecule has 3 unspecified atom stereocenters. The van der Waals surface area contributed by atoms with Crippen molar-refractivity contribution in [3.63, 3.8) is 0 Å². The first-order valence-electron chi connectivity index (χ1n) is 8.48. The number of benzene rings is 1. The molecule has 2 fully saturated rings. The topological polar surface area (TPSA) is 20.3 Å². The Morgan fingerprint density at radius 2 is 1.86 bits per heavy atom. The second-order valence-corrected chi connectivity index (χ2v) is 7.05. The van der Waals surface area contributed by atoms with E-state index in [1.54, 1.807) is 0 Å². The zero-order chi connectivity index (χ0) is 14.9. The molecule has 0 amide bonds. The number of rotatable bonds is 2. The number of carbonyl (C=O) groups is 1. The highest BCUT2D eigenvalue weighted by molar-refractivity contribution is 5.90. The molecule has 21 heavy (non-hydrogen) atoms. The van der Waals surface area contributed by atoms with Gasteiger partial charge < -0.3 is 0 Å². The van der Waals surface area contributed by atoms with Gasteiger partial charge in [-0.25, -0.2) is 0 Å². The van der Waals surface area contributed by atoms with Crippen LogP contribution in [0.4, 0.5) is 0 Å². The van der Waals surface area contributed by atoms with Gasteiger partial charge in [-0.15, -0.1) is 0 Å². The summed E-state index contributed by atoms with van der Waals surface area (Å²) in [7, 11) is 0. The maximum Gasteiger partial charge on any atom is 0.157 e. The molecule has 3 atom stereocenters. The maximum atomic E-state index is 13.0. The van der Waals surface area contributed by atoms with E-state index in [1.165, 1.54) is 18.4 Å². The van der Waals surface area contributed by atoms with Crippen LogP contribution in [0.5, 0.6) is 0 Å². The number of hydrogen-bond donors (Lipinski definition) is 0. The van der Waals surface area contributed by atoms with Crippen LogP contribution in [0, 0.1) is 11.8 Å². The van der Waals surface area contributed by atoms with Gasteiger partial charge >= 0.3 is 0 Å². The van der Waals surface area contributed by atoms with E-state index in [0.717, 1.165) is 38.3 Å². The zero-order valence-corrected chi connectivity index (χ0v) is 13.3. The van der Waals surface area contributed by atoms with E-state index < -0.39 is 0 Å². The van der Waals surface area contributed by atoms with Crippen LogP contribution in [-0.2, 0) is 10.3 Å². The number of likely N-dealkylation sites (tertiary alicyclic amines) is 1. The summed E-state index contributed by atoms with van der Waals surface area (Å²) in [5.74, 6) is 1.89. The van der Waals surface area contributed by atoms with E-state index in [0.29, 0.717) is 11.7 Å². The standard InChI is InChI=1S/C19H27NO/c1-15-11-13-20(14-16(15)2)19(12-7-6-10-18(19)21)17-8-4-3-5-9-17/h3-5,8-9,15-16H,6-7,10-14H2,1-2H3. The zero-order valence-electron chi connectivity index (χ0n) is 13.3. The summed E-state index contributed by atoms with van der Waals surface area (Å²) >= 11 is 0. The molecule has 1 heterocycles. The lowest BCUT2D eigenvalue weighted by molar-refractivity contribution is -0.137. The van der Waals surface area contributed by atoms with Crippen molar-refractivity contribution in [2.24, 2.45) is 11.8 Å². The molecule has 0 radical (unpaired) electrons. The Morgan fingerprint density at radius 1 is 1.10 bits per heavy atom. The average Bonchev–Trinajstić information content (AvgIpc) is 2.52. The van der Waals surface area contributed by atoms with Gasteiger partial charge in [0.05, 0.1) is 0 Å². The number of carbonyl (C=O) groups excluding carboxylic acids is 1. The molecule has 1 saturated heterocycles. The maximum absolute atomic E-state index is 13.0. The van der Waals surface area contributed by atoms with Crippen LogP contribution in [0.15, 0.2) is 30.3 Å². The summed E-state index contributed by atoms with van der Waals surface area (Å²) in [6.45, 7) is 6.80. The molecule has 0 aromatic heterocycles. The molecule has 1 aliphatic carbocycles. The Labute approximate surface area is 128 Å². The number of Topliss-reactive ketones (excluding diaryl/α,β-unsaturated/α-hetero) is 1. The molecule has 1 aromatic carbocycles. The van der Waals surface area contributed by atoms with Crippen LogP contribution in [0.25, 0.3) is 0 Å². The summed E-state index contributed by atoms with van der Waals surface area (Å²) in [4.78, 5) is 15.5. The number of nitrogens with zero attached hydrogens (tertiary/aromatic N) is 1. The third-order valence-electron chi connectivity index (χ3n) is 5.78. The van der Waals surface area contributed by atoms with Crippen LogP contribution < -0.4 is 0 Å². The number of piperidine rings is 1. The third kappa shape index (κ3) is 2.55. The van der Waals surface area contributed by atoms with Gasteiger partial charge in [0.25, 0.3) is 0 Å². The molecule has 2 nitrogen and oxygen atoms in total. The molecule has 1 saturated carbocycles. The minimum Gasteiger partial charge on any atom is -0.297 e. The lowest BCUT2D eigenvalue weighted by Crippen LogP contribution is -2.57. The molecule has 0 bridgehead atoms. The van der Waals surface area contributed by atoms with E-state index >= 15 is 0 Å². The van der Waals surface area contributed by atoms with E-state index in [2.05, 4.69) is 43.0 Å². The van der Waals surface area contributed by atoms with Crippen LogP contribution in [0.2, 0.25) is 0 Å². The average molecular weight is 285 g/mol. The Bertz CT molecular complexity index is 498. The van der Waals surface area contributed by atoms with Gasteiger partial charge in [-0.2, -0.15) is 0 Å². The Hall–Kier alpha value is -1.15. The molecule has 0 spiro atoms. The molecule has 0 N–H and O–H groups in total. The Morgan fingerprint density at radius 3 is 2.52 bits per heavy atom. The van der Waals surface area contributed by atoms with Gasteiger partial charge in [-0.3, -0.25) is 9.69 Å². The third-order valence-corrected chi connectivity index (χ3v) is 5.78. The van der Waals surface area contributed by atoms with Crippen molar-refractivity contribution in [3.8, 4) is 0 Å². The second-order valence-electron chi connectivity index (χ2n) is 7.05. The summed E-state index contributed by atoms with van der Waals surface area (Å²) in [6.07, 6.45) is 5.18. The quantitative estimate of drug-likeness (QED) is 0.818. The monoisotopic (exact) mass is 285 g/mol. The molecule has 1 aliphatic heterocycles. The lowest BCUT2D eigenvalue weighted by atomic mass is 9.72. The van der Waals surface area contributed by atoms with Crippen molar-refractivity contribution in [1.29, 1.82) is 0 Å². The first-order chi connectivity index (χ1) is 10.1. The first kappa shape index (κ1) is 14.8. The van der Waals surface area contributed by atoms with Crippen molar-refractivity contribution >= 4 is 5.78 Å². The number of hydrogen-bond acceptors (Lipinski definition) is 2. The van der Waals surface area contributed by atoms with Crippen LogP contribution in [0.3, 0.4) is 0 Å². The first-order valence-corrected chi connectivity index (χ1v) is 8.48. The summed E-state index contributed by atoms with van der Waals surface area (Å²) in [5.41, 5.74) is 0.880. The van der Waals surface area contributed by atoms with Crippen molar-refractivity contribution < 1.29 is 4.79 Å². The van der Waals surface area contributed by atoms with Gasteiger partial charge in [-0.1, -0.05) is 50.6 Å². The predicted molar refractivity (Wildman–Crippen MR) is 86.1 cm³/mol. The molecule has 3 rings (SSSR count). The SMILES string of the molecule is CC1CCN(C2(c3ccccc3)CCCCC2=O)CC1C. The Balaban J connectivity index is 1.99. The summed E-state index contributed by atoms with van der Waals surface area (Å²) < 4.78 is 0. The van der Waals surface area contributed by atoms with Gasteiger partial charge in [0.2, 0.25) is 0 Å². The largest absolute Gasteiger partial charge is 0.297 e. The fourth-order valence-electron chi connectivity index (χ4n) is 4.16. The second kappa shape index (κ2) is 5.92. The van der Waals surface area contributed by atoms with Gasteiger partial charge in [0.1, 0.15) is 5.54 Å². The highest BCUT2D eigenvalue weighted by Gasteiger charge is 2.47. The Kier molecular flexibility index (Phi) is 4.17. The highest BCUT2D eigenvalue weighted by Crippen LogP contribution is 2.42. The van der Waals surface area contributed by atoms with E-state index in [-0.39, 0.29) is 5.54 Å². The fraction of sp³-hybridized carbons (Fsp3) is 0.632. The van der Waals surface area contributed by atoms with Crippen LogP contribution in [-0.4, -0.2) is 23.8 Å². The molecule has 1 aromatic rings. The predicted octanol–water partition coefficient (Wildman–Crippen LogP) is 4.00. The fourth-order valence-corrected chi connectivity index (χ4v) is 4.16.